The SMILES string of the molecule is [2H]C([2H])(CCO)CCCCCCCC1=C(C)C(=O)C(OC)=C(OC)C1=O. The number of Topliss-reactive ketones (excluding diaryl/α,β-unsaturated/α-hetero) is 2. The zero-order valence-electron chi connectivity index (χ0n) is 16.9. The van der Waals surface area contributed by atoms with Crippen molar-refractivity contribution in [1.82, 2.24) is 0 Å². The quantitative estimate of drug-likeness (QED) is 0.435. The molecule has 0 bridgehead atoms. The molecule has 0 spiro atoms. The monoisotopic (exact) mass is 340 g/mol. The molecule has 0 aliphatic heterocycles. The van der Waals surface area contributed by atoms with E-state index in [1.165, 1.54) is 14.2 Å². The van der Waals surface area contributed by atoms with E-state index < -0.39 is 6.37 Å². The second-order valence-electron chi connectivity index (χ2n) is 5.82. The van der Waals surface area contributed by atoms with Crippen molar-refractivity contribution in [2.45, 2.75) is 64.7 Å². The van der Waals surface area contributed by atoms with E-state index in [1.807, 2.05) is 0 Å². The van der Waals surface area contributed by atoms with E-state index in [0.29, 0.717) is 24.0 Å². The van der Waals surface area contributed by atoms with Gasteiger partial charge in [0.25, 0.3) is 0 Å². The van der Waals surface area contributed by atoms with E-state index in [4.69, 9.17) is 17.3 Å². The maximum absolute atomic E-state index is 12.5. The van der Waals surface area contributed by atoms with Gasteiger partial charge in [0.2, 0.25) is 23.1 Å². The Morgan fingerprint density at radius 3 is 2.00 bits per heavy atom. The molecule has 1 aliphatic carbocycles. The van der Waals surface area contributed by atoms with E-state index in [2.05, 4.69) is 0 Å². The van der Waals surface area contributed by atoms with Crippen LogP contribution in [0.5, 0.6) is 0 Å². The Kier molecular flexibility index (Phi) is 7.91. The standard InChI is InChI=1S/C19H30O5/c1-14-15(12-10-8-6-4-5-7-9-11-13-20)17(22)19(24-3)18(23-2)16(14)21/h20H,4-13H2,1-3H3/i9D2. The molecular weight excluding hydrogens is 308 g/mol. The van der Waals surface area contributed by atoms with Gasteiger partial charge in [-0.1, -0.05) is 38.5 Å². The summed E-state index contributed by atoms with van der Waals surface area (Å²) in [6, 6.07) is 0. The topological polar surface area (TPSA) is 72.8 Å². The smallest absolute Gasteiger partial charge is 0.228 e. The molecule has 1 aliphatic rings. The molecule has 5 heteroatoms. The van der Waals surface area contributed by atoms with Gasteiger partial charge in [0, 0.05) is 20.5 Å². The third-order valence-corrected chi connectivity index (χ3v) is 4.16. The Hall–Kier alpha value is -1.62. The second kappa shape index (κ2) is 11.0. The number of unbranched alkanes of at least 4 members (excludes halogenated alkanes) is 4. The first kappa shape index (κ1) is 17.2. The molecule has 0 aromatic carbocycles. The maximum atomic E-state index is 12.5. The number of carbonyl (C=O) groups is 2. The van der Waals surface area contributed by atoms with Crippen molar-refractivity contribution < 1.29 is 26.9 Å². The van der Waals surface area contributed by atoms with Gasteiger partial charge in [0.05, 0.1) is 14.2 Å². The van der Waals surface area contributed by atoms with E-state index in [0.717, 1.165) is 32.1 Å². The van der Waals surface area contributed by atoms with Gasteiger partial charge < -0.3 is 14.6 Å². The Balaban J connectivity index is 2.43. The number of hydrogen-bond acceptors (Lipinski definition) is 5. The van der Waals surface area contributed by atoms with Crippen LogP contribution in [-0.4, -0.2) is 37.5 Å². The molecule has 136 valence electrons. The summed E-state index contributed by atoms with van der Waals surface area (Å²) in [7, 11) is 2.70. The van der Waals surface area contributed by atoms with Gasteiger partial charge in [0.1, 0.15) is 0 Å². The minimum Gasteiger partial charge on any atom is -0.489 e. The summed E-state index contributed by atoms with van der Waals surface area (Å²) in [5.74, 6) is -0.635. The van der Waals surface area contributed by atoms with Gasteiger partial charge in [-0.2, -0.15) is 0 Å². The summed E-state index contributed by atoms with van der Waals surface area (Å²) in [6.45, 7) is 1.52. The number of ketones is 2. The second-order valence-corrected chi connectivity index (χ2v) is 5.82. The normalized spacial score (nSPS) is 17.2. The van der Waals surface area contributed by atoms with Crippen molar-refractivity contribution in [2.24, 2.45) is 0 Å². The van der Waals surface area contributed by atoms with Crippen molar-refractivity contribution in [2.75, 3.05) is 20.8 Å². The van der Waals surface area contributed by atoms with Crippen LogP contribution < -0.4 is 0 Å². The van der Waals surface area contributed by atoms with Gasteiger partial charge in [0.15, 0.2) is 0 Å². The summed E-state index contributed by atoms with van der Waals surface area (Å²) in [5.41, 5.74) is 0.914. The van der Waals surface area contributed by atoms with Gasteiger partial charge >= 0.3 is 0 Å². The molecule has 0 heterocycles. The van der Waals surface area contributed by atoms with Gasteiger partial charge in [-0.3, -0.25) is 9.59 Å². The molecule has 24 heavy (non-hydrogen) atoms. The first-order chi connectivity index (χ1) is 12.3. The Bertz CT molecular complexity index is 578. The van der Waals surface area contributed by atoms with Crippen LogP contribution in [0.25, 0.3) is 0 Å². The highest BCUT2D eigenvalue weighted by Crippen LogP contribution is 2.28. The van der Waals surface area contributed by atoms with Gasteiger partial charge in [-0.15, -0.1) is 0 Å². The number of hydrogen-bond donors (Lipinski definition) is 1. The third kappa shape index (κ3) is 5.48. The van der Waals surface area contributed by atoms with Crippen molar-refractivity contribution in [3.63, 3.8) is 0 Å². The molecule has 5 nitrogen and oxygen atoms in total. The lowest BCUT2D eigenvalue weighted by atomic mass is 9.89. The molecule has 0 unspecified atom stereocenters. The minimum atomic E-state index is -1.30. The zero-order chi connectivity index (χ0) is 19.7. The lowest BCUT2D eigenvalue weighted by Gasteiger charge is -2.20. The summed E-state index contributed by atoms with van der Waals surface area (Å²) in [4.78, 5) is 24.8. The van der Waals surface area contributed by atoms with E-state index in [-0.39, 0.29) is 36.1 Å². The lowest BCUT2D eigenvalue weighted by molar-refractivity contribution is -0.121. The molecule has 0 amide bonds. The summed E-state index contributed by atoms with van der Waals surface area (Å²) >= 11 is 0. The highest BCUT2D eigenvalue weighted by atomic mass is 16.5. The number of aliphatic hydroxyl groups excluding tert-OH is 1. The number of allylic oxidation sites excluding steroid dienone is 2. The number of ether oxygens (including phenoxy) is 2. The average Bonchev–Trinajstić information content (AvgIpc) is 2.59. The fraction of sp³-hybridized carbons (Fsp3) is 0.684. The molecule has 0 saturated heterocycles. The summed E-state index contributed by atoms with van der Waals surface area (Å²) in [6.07, 6.45) is 4.17. The van der Waals surface area contributed by atoms with Crippen LogP contribution in [0.2, 0.25) is 0 Å². The highest BCUT2D eigenvalue weighted by molar-refractivity contribution is 6.23. The molecule has 0 aromatic heterocycles. The fourth-order valence-electron chi connectivity index (χ4n) is 2.78. The molecule has 0 radical (unpaired) electrons. The number of methoxy groups -OCH3 is 2. The Labute approximate surface area is 147 Å². The van der Waals surface area contributed by atoms with Crippen LogP contribution in [0.4, 0.5) is 0 Å². The van der Waals surface area contributed by atoms with E-state index >= 15 is 0 Å². The van der Waals surface area contributed by atoms with Crippen LogP contribution in [0, 0.1) is 0 Å². The first-order valence-corrected chi connectivity index (χ1v) is 8.51. The fourth-order valence-corrected chi connectivity index (χ4v) is 2.78. The van der Waals surface area contributed by atoms with Gasteiger partial charge in [-0.25, -0.2) is 0 Å². The van der Waals surface area contributed by atoms with E-state index in [9.17, 15) is 9.59 Å². The number of carbonyl (C=O) groups excluding carboxylic acids is 2. The minimum absolute atomic E-state index is 0.0239. The predicted molar refractivity (Wildman–Crippen MR) is 92.4 cm³/mol. The van der Waals surface area contributed by atoms with Crippen molar-refractivity contribution in [3.05, 3.63) is 22.7 Å². The lowest BCUT2D eigenvalue weighted by Crippen LogP contribution is -2.25. The summed E-state index contributed by atoms with van der Waals surface area (Å²) < 4.78 is 25.5. The molecule has 0 saturated carbocycles. The average molecular weight is 340 g/mol. The summed E-state index contributed by atoms with van der Waals surface area (Å²) in [5, 5.41) is 8.81. The van der Waals surface area contributed by atoms with Crippen molar-refractivity contribution in [3.8, 4) is 0 Å². The highest BCUT2D eigenvalue weighted by Gasteiger charge is 2.34. The van der Waals surface area contributed by atoms with Crippen LogP contribution in [-0.2, 0) is 19.1 Å². The van der Waals surface area contributed by atoms with Crippen LogP contribution >= 0.6 is 0 Å². The van der Waals surface area contributed by atoms with Crippen LogP contribution in [0.15, 0.2) is 22.7 Å². The number of aliphatic hydroxyl groups is 1. The van der Waals surface area contributed by atoms with Crippen LogP contribution in [0.3, 0.4) is 0 Å². The molecule has 0 atom stereocenters. The molecule has 1 rings (SSSR count). The molecule has 0 fully saturated rings. The van der Waals surface area contributed by atoms with Gasteiger partial charge in [-0.05, 0) is 26.2 Å². The molecule has 0 aromatic rings. The van der Waals surface area contributed by atoms with E-state index in [1.54, 1.807) is 6.92 Å². The maximum Gasteiger partial charge on any atom is 0.228 e. The Morgan fingerprint density at radius 1 is 0.875 bits per heavy atom. The largest absolute Gasteiger partial charge is 0.489 e. The van der Waals surface area contributed by atoms with Crippen molar-refractivity contribution >= 4 is 11.6 Å². The van der Waals surface area contributed by atoms with Crippen molar-refractivity contribution in [1.29, 1.82) is 0 Å². The predicted octanol–water partition coefficient (Wildman–Crippen LogP) is 3.46. The molecule has 1 N–H and O–H groups in total. The number of rotatable bonds is 12. The Morgan fingerprint density at radius 2 is 1.42 bits per heavy atom. The first-order valence-electron chi connectivity index (χ1n) is 9.51. The third-order valence-electron chi connectivity index (χ3n) is 4.16. The van der Waals surface area contributed by atoms with Crippen LogP contribution in [0.1, 0.15) is 67.4 Å². The molecular formula is C19H30O5. The zero-order valence-corrected chi connectivity index (χ0v) is 14.9.